The zero-order valence-electron chi connectivity index (χ0n) is 9.61. The van der Waals surface area contributed by atoms with Crippen LogP contribution in [0.15, 0.2) is 23.1 Å². The van der Waals surface area contributed by atoms with Crippen LogP contribution >= 0.6 is 22.3 Å². The van der Waals surface area contributed by atoms with Crippen LogP contribution in [-0.4, -0.2) is 39.2 Å². The van der Waals surface area contributed by atoms with E-state index in [0.717, 1.165) is 24.1 Å². The summed E-state index contributed by atoms with van der Waals surface area (Å²) < 4.78 is 46.7. The summed E-state index contributed by atoms with van der Waals surface area (Å²) in [4.78, 5) is 12.3. The standard InChI is InChI=1S/C10H9Cl2F2NO3S/c1-15(5-9(13)14)10(16)7-4-6(19(12,17)18)2-3-8(7)11/h2-4,9H,5H2,1H3. The SMILES string of the molecule is CN(CC(F)F)C(=O)c1cc(S(=O)(=O)Cl)ccc1Cl. The molecule has 1 aromatic rings. The maximum Gasteiger partial charge on any atom is 0.261 e. The van der Waals surface area contributed by atoms with E-state index < -0.39 is 27.9 Å². The van der Waals surface area contributed by atoms with Gasteiger partial charge in [-0.2, -0.15) is 0 Å². The minimum Gasteiger partial charge on any atom is -0.336 e. The zero-order chi connectivity index (χ0) is 14.8. The van der Waals surface area contributed by atoms with Gasteiger partial charge in [0.25, 0.3) is 21.4 Å². The third-order valence-corrected chi connectivity index (χ3v) is 3.89. The molecular weight excluding hydrogens is 323 g/mol. The highest BCUT2D eigenvalue weighted by molar-refractivity contribution is 8.13. The Bertz CT molecular complexity index is 592. The second-order valence-corrected chi connectivity index (χ2v) is 6.63. The van der Waals surface area contributed by atoms with E-state index in [4.69, 9.17) is 22.3 Å². The van der Waals surface area contributed by atoms with Crippen LogP contribution in [0.1, 0.15) is 10.4 Å². The third-order valence-electron chi connectivity index (χ3n) is 2.21. The van der Waals surface area contributed by atoms with E-state index in [1.807, 2.05) is 0 Å². The van der Waals surface area contributed by atoms with Gasteiger partial charge >= 0.3 is 0 Å². The lowest BCUT2D eigenvalue weighted by Crippen LogP contribution is -2.31. The highest BCUT2D eigenvalue weighted by Gasteiger charge is 2.21. The molecular formula is C10H9Cl2F2NO3S. The summed E-state index contributed by atoms with van der Waals surface area (Å²) in [6, 6.07) is 3.24. The number of carbonyl (C=O) groups excluding carboxylic acids is 1. The average Bonchev–Trinajstić information content (AvgIpc) is 2.26. The number of amides is 1. The Morgan fingerprint density at radius 3 is 2.47 bits per heavy atom. The number of nitrogens with zero attached hydrogens (tertiary/aromatic N) is 1. The molecule has 0 bridgehead atoms. The van der Waals surface area contributed by atoms with Gasteiger partial charge in [0, 0.05) is 17.7 Å². The Hall–Kier alpha value is -0.920. The number of hydrogen-bond acceptors (Lipinski definition) is 3. The second-order valence-electron chi connectivity index (χ2n) is 3.66. The predicted octanol–water partition coefficient (Wildman–Crippen LogP) is 2.60. The number of benzene rings is 1. The van der Waals surface area contributed by atoms with Gasteiger partial charge in [-0.1, -0.05) is 11.6 Å². The summed E-state index contributed by atoms with van der Waals surface area (Å²) in [6.45, 7) is -0.785. The molecule has 0 saturated carbocycles. The van der Waals surface area contributed by atoms with Crippen molar-refractivity contribution >= 4 is 37.2 Å². The average molecular weight is 332 g/mol. The lowest BCUT2D eigenvalue weighted by molar-refractivity contribution is 0.0620. The fourth-order valence-electron chi connectivity index (χ4n) is 1.32. The first kappa shape index (κ1) is 16.1. The molecule has 0 heterocycles. The molecule has 0 aliphatic carbocycles. The van der Waals surface area contributed by atoms with Crippen LogP contribution < -0.4 is 0 Å². The van der Waals surface area contributed by atoms with Gasteiger partial charge in [0.05, 0.1) is 22.0 Å². The molecule has 0 unspecified atom stereocenters. The van der Waals surface area contributed by atoms with E-state index in [0.29, 0.717) is 0 Å². The van der Waals surface area contributed by atoms with Crippen LogP contribution in [0.3, 0.4) is 0 Å². The van der Waals surface area contributed by atoms with E-state index in [2.05, 4.69) is 0 Å². The number of halogens is 4. The van der Waals surface area contributed by atoms with Gasteiger partial charge in [-0.15, -0.1) is 0 Å². The first-order valence-corrected chi connectivity index (χ1v) is 7.59. The van der Waals surface area contributed by atoms with Gasteiger partial charge in [0.15, 0.2) is 0 Å². The first-order chi connectivity index (χ1) is 8.62. The molecule has 0 radical (unpaired) electrons. The molecule has 0 aliphatic rings. The van der Waals surface area contributed by atoms with E-state index >= 15 is 0 Å². The van der Waals surface area contributed by atoms with Crippen LogP contribution in [-0.2, 0) is 9.05 Å². The fraction of sp³-hybridized carbons (Fsp3) is 0.300. The molecule has 9 heteroatoms. The molecule has 0 atom stereocenters. The number of carbonyl (C=O) groups is 1. The Balaban J connectivity index is 3.16. The van der Waals surface area contributed by atoms with Crippen molar-refractivity contribution in [2.75, 3.05) is 13.6 Å². The Morgan fingerprint density at radius 2 is 2.00 bits per heavy atom. The molecule has 19 heavy (non-hydrogen) atoms. The summed E-state index contributed by atoms with van der Waals surface area (Å²) in [6.07, 6.45) is -2.70. The minimum absolute atomic E-state index is 0.0461. The van der Waals surface area contributed by atoms with Gasteiger partial charge in [0.1, 0.15) is 0 Å². The minimum atomic E-state index is -4.03. The monoisotopic (exact) mass is 331 g/mol. The van der Waals surface area contributed by atoms with Gasteiger partial charge in [-0.3, -0.25) is 4.79 Å². The van der Waals surface area contributed by atoms with Crippen molar-refractivity contribution in [2.24, 2.45) is 0 Å². The van der Waals surface area contributed by atoms with Crippen molar-refractivity contribution in [1.29, 1.82) is 0 Å². The number of hydrogen-bond donors (Lipinski definition) is 0. The first-order valence-electron chi connectivity index (χ1n) is 4.90. The summed E-state index contributed by atoms with van der Waals surface area (Å²) in [5, 5.41) is -0.0461. The van der Waals surface area contributed by atoms with Crippen LogP contribution in [0.2, 0.25) is 5.02 Å². The molecule has 1 aromatic carbocycles. The molecule has 1 amide bonds. The van der Waals surface area contributed by atoms with E-state index in [1.165, 1.54) is 6.07 Å². The van der Waals surface area contributed by atoms with Gasteiger partial charge < -0.3 is 4.90 Å². The summed E-state index contributed by atoms with van der Waals surface area (Å²) in [5.41, 5.74) is -0.202. The molecule has 106 valence electrons. The van der Waals surface area contributed by atoms with Crippen LogP contribution in [0.5, 0.6) is 0 Å². The van der Waals surface area contributed by atoms with Crippen molar-refractivity contribution in [3.63, 3.8) is 0 Å². The van der Waals surface area contributed by atoms with Crippen molar-refractivity contribution in [3.8, 4) is 0 Å². The summed E-state index contributed by atoms with van der Waals surface area (Å²) in [7, 11) is 2.27. The Labute approximate surface area is 118 Å². The van der Waals surface area contributed by atoms with Gasteiger partial charge in [-0.05, 0) is 18.2 Å². The highest BCUT2D eigenvalue weighted by Crippen LogP contribution is 2.24. The lowest BCUT2D eigenvalue weighted by atomic mass is 10.2. The molecule has 0 fully saturated rings. The largest absolute Gasteiger partial charge is 0.336 e. The van der Waals surface area contributed by atoms with Crippen molar-refractivity contribution < 1.29 is 22.0 Å². The Kier molecular flexibility index (Phi) is 5.11. The molecule has 4 nitrogen and oxygen atoms in total. The topological polar surface area (TPSA) is 54.5 Å². The fourth-order valence-corrected chi connectivity index (χ4v) is 2.29. The van der Waals surface area contributed by atoms with Gasteiger partial charge in [0.2, 0.25) is 0 Å². The molecule has 1 rings (SSSR count). The zero-order valence-corrected chi connectivity index (χ0v) is 11.9. The molecule has 0 N–H and O–H groups in total. The maximum atomic E-state index is 12.2. The molecule has 0 aliphatic heterocycles. The van der Waals surface area contributed by atoms with Crippen molar-refractivity contribution in [3.05, 3.63) is 28.8 Å². The smallest absolute Gasteiger partial charge is 0.261 e. The van der Waals surface area contributed by atoms with Crippen LogP contribution in [0.4, 0.5) is 8.78 Å². The summed E-state index contributed by atoms with van der Waals surface area (Å²) >= 11 is 5.75. The van der Waals surface area contributed by atoms with E-state index in [9.17, 15) is 22.0 Å². The molecule has 0 aromatic heterocycles. The number of alkyl halides is 2. The van der Waals surface area contributed by atoms with Crippen LogP contribution in [0, 0.1) is 0 Å². The lowest BCUT2D eigenvalue weighted by Gasteiger charge is -2.17. The van der Waals surface area contributed by atoms with E-state index in [1.54, 1.807) is 0 Å². The quantitative estimate of drug-likeness (QED) is 0.797. The summed E-state index contributed by atoms with van der Waals surface area (Å²) in [5.74, 6) is -0.813. The van der Waals surface area contributed by atoms with Crippen LogP contribution in [0.25, 0.3) is 0 Å². The van der Waals surface area contributed by atoms with Crippen molar-refractivity contribution in [1.82, 2.24) is 4.90 Å². The highest BCUT2D eigenvalue weighted by atomic mass is 35.7. The molecule has 0 saturated heterocycles. The Morgan fingerprint density at radius 1 is 1.42 bits per heavy atom. The van der Waals surface area contributed by atoms with Gasteiger partial charge in [-0.25, -0.2) is 17.2 Å². The predicted molar refractivity (Wildman–Crippen MR) is 67.5 cm³/mol. The normalized spacial score (nSPS) is 11.7. The van der Waals surface area contributed by atoms with Crippen molar-refractivity contribution in [2.45, 2.75) is 11.3 Å². The second kappa shape index (κ2) is 6.02. The molecule has 0 spiro atoms. The number of rotatable bonds is 4. The maximum absolute atomic E-state index is 12.2. The third kappa shape index (κ3) is 4.29. The van der Waals surface area contributed by atoms with E-state index in [-0.39, 0.29) is 15.5 Å².